The lowest BCUT2D eigenvalue weighted by atomic mass is 10.1. The molecule has 0 atom stereocenters. The number of nitrogen functional groups attached to an aromatic ring is 1. The Kier molecular flexibility index (Phi) is 2.74. The second-order valence-corrected chi connectivity index (χ2v) is 5.89. The lowest BCUT2D eigenvalue weighted by Crippen LogP contribution is -2.22. The second kappa shape index (κ2) is 4.34. The summed E-state index contributed by atoms with van der Waals surface area (Å²) in [5.74, 6) is 0.888. The van der Waals surface area contributed by atoms with Gasteiger partial charge in [0, 0.05) is 23.0 Å². The third kappa shape index (κ3) is 1.93. The van der Waals surface area contributed by atoms with Gasteiger partial charge in [-0.1, -0.05) is 12.1 Å². The first-order valence-corrected chi connectivity index (χ1v) is 6.66. The number of pyridine rings is 1. The molecule has 4 nitrogen and oxygen atoms in total. The molecule has 0 aliphatic carbocycles. The van der Waals surface area contributed by atoms with Gasteiger partial charge in [0.15, 0.2) is 0 Å². The zero-order chi connectivity index (χ0) is 14.3. The predicted molar refractivity (Wildman–Crippen MR) is 82.4 cm³/mol. The van der Waals surface area contributed by atoms with Crippen LogP contribution in [0.15, 0.2) is 42.7 Å². The first-order valence-electron chi connectivity index (χ1n) is 6.66. The average Bonchev–Trinajstić information content (AvgIpc) is 2.78. The first kappa shape index (κ1) is 12.7. The van der Waals surface area contributed by atoms with Crippen LogP contribution in [-0.4, -0.2) is 14.5 Å². The van der Waals surface area contributed by atoms with Crippen LogP contribution in [0.2, 0.25) is 0 Å². The Bertz CT molecular complexity index is 765. The monoisotopic (exact) mass is 266 g/mol. The predicted octanol–water partition coefficient (Wildman–Crippen LogP) is 3.44. The zero-order valence-corrected chi connectivity index (χ0v) is 12.0. The zero-order valence-electron chi connectivity index (χ0n) is 12.0. The van der Waals surface area contributed by atoms with Gasteiger partial charge in [0.1, 0.15) is 11.3 Å². The molecule has 0 saturated carbocycles. The molecule has 3 aromatic rings. The van der Waals surface area contributed by atoms with E-state index in [1.165, 1.54) is 0 Å². The Balaban J connectivity index is 2.39. The molecule has 2 aromatic heterocycles. The number of imidazole rings is 1. The Morgan fingerprint density at radius 1 is 1.10 bits per heavy atom. The maximum absolute atomic E-state index is 6.12. The minimum absolute atomic E-state index is 0.0896. The van der Waals surface area contributed by atoms with E-state index in [0.717, 1.165) is 28.1 Å². The molecule has 20 heavy (non-hydrogen) atoms. The summed E-state index contributed by atoms with van der Waals surface area (Å²) >= 11 is 0. The van der Waals surface area contributed by atoms with Gasteiger partial charge in [-0.2, -0.15) is 0 Å². The van der Waals surface area contributed by atoms with E-state index in [9.17, 15) is 0 Å². The Morgan fingerprint density at radius 2 is 1.85 bits per heavy atom. The van der Waals surface area contributed by atoms with Gasteiger partial charge in [0.25, 0.3) is 0 Å². The summed E-state index contributed by atoms with van der Waals surface area (Å²) in [5, 5.41) is 0. The van der Waals surface area contributed by atoms with Crippen molar-refractivity contribution in [1.29, 1.82) is 0 Å². The normalized spacial score (nSPS) is 11.9. The molecule has 3 rings (SSSR count). The third-order valence-electron chi connectivity index (χ3n) is 3.33. The maximum atomic E-state index is 6.12. The van der Waals surface area contributed by atoms with E-state index in [-0.39, 0.29) is 5.54 Å². The summed E-state index contributed by atoms with van der Waals surface area (Å²) in [6, 6.07) is 9.82. The maximum Gasteiger partial charge on any atom is 0.143 e. The highest BCUT2D eigenvalue weighted by molar-refractivity contribution is 5.83. The number of hydrogen-bond acceptors (Lipinski definition) is 3. The van der Waals surface area contributed by atoms with Crippen molar-refractivity contribution in [3.63, 3.8) is 0 Å². The number of aromatic nitrogens is 3. The van der Waals surface area contributed by atoms with E-state index < -0.39 is 0 Å². The highest BCUT2D eigenvalue weighted by Gasteiger charge is 2.23. The quantitative estimate of drug-likeness (QED) is 0.686. The van der Waals surface area contributed by atoms with Gasteiger partial charge >= 0.3 is 0 Å². The van der Waals surface area contributed by atoms with E-state index in [2.05, 4.69) is 30.3 Å². The second-order valence-electron chi connectivity index (χ2n) is 5.89. The largest absolute Gasteiger partial charge is 0.398 e. The third-order valence-corrected chi connectivity index (χ3v) is 3.33. The summed E-state index contributed by atoms with van der Waals surface area (Å²) in [6.07, 6.45) is 3.59. The number of hydrogen-bond donors (Lipinski definition) is 1. The van der Waals surface area contributed by atoms with Gasteiger partial charge in [0.2, 0.25) is 0 Å². The van der Waals surface area contributed by atoms with Gasteiger partial charge in [-0.25, -0.2) is 4.98 Å². The van der Waals surface area contributed by atoms with Crippen LogP contribution < -0.4 is 5.73 Å². The summed E-state index contributed by atoms with van der Waals surface area (Å²) < 4.78 is 2.22. The van der Waals surface area contributed by atoms with Crippen molar-refractivity contribution in [2.45, 2.75) is 26.3 Å². The van der Waals surface area contributed by atoms with Crippen LogP contribution >= 0.6 is 0 Å². The van der Waals surface area contributed by atoms with E-state index in [1.807, 2.05) is 30.3 Å². The average molecular weight is 266 g/mol. The van der Waals surface area contributed by atoms with Crippen LogP contribution in [-0.2, 0) is 5.54 Å². The minimum atomic E-state index is -0.0896. The van der Waals surface area contributed by atoms with Crippen molar-refractivity contribution < 1.29 is 0 Å². The van der Waals surface area contributed by atoms with E-state index in [4.69, 9.17) is 10.7 Å². The molecule has 2 N–H and O–H groups in total. The first-order chi connectivity index (χ1) is 9.48. The molecule has 0 spiro atoms. The Morgan fingerprint density at radius 3 is 2.55 bits per heavy atom. The molecule has 0 radical (unpaired) electrons. The summed E-state index contributed by atoms with van der Waals surface area (Å²) in [7, 11) is 0. The molecular weight excluding hydrogens is 248 g/mol. The fourth-order valence-electron chi connectivity index (χ4n) is 2.49. The molecule has 0 amide bonds. The molecule has 0 fully saturated rings. The van der Waals surface area contributed by atoms with Crippen LogP contribution in [0.1, 0.15) is 20.8 Å². The van der Waals surface area contributed by atoms with Crippen molar-refractivity contribution in [2.24, 2.45) is 0 Å². The van der Waals surface area contributed by atoms with Crippen molar-refractivity contribution in [3.05, 3.63) is 42.7 Å². The SMILES string of the molecule is CC(C)(C)n1c(-c2ccccc2N)nc2cnccc21. The number of rotatable bonds is 1. The summed E-state index contributed by atoms with van der Waals surface area (Å²) in [5.41, 5.74) is 9.69. The number of para-hydroxylation sites is 1. The van der Waals surface area contributed by atoms with E-state index in [1.54, 1.807) is 12.4 Å². The number of nitrogens with zero attached hydrogens (tertiary/aromatic N) is 3. The number of benzene rings is 1. The van der Waals surface area contributed by atoms with Crippen molar-refractivity contribution in [2.75, 3.05) is 5.73 Å². The smallest absolute Gasteiger partial charge is 0.143 e. The van der Waals surface area contributed by atoms with Crippen LogP contribution in [0.5, 0.6) is 0 Å². The summed E-state index contributed by atoms with van der Waals surface area (Å²) in [4.78, 5) is 8.89. The molecule has 1 aromatic carbocycles. The topological polar surface area (TPSA) is 56.7 Å². The highest BCUT2D eigenvalue weighted by atomic mass is 15.1. The van der Waals surface area contributed by atoms with Crippen LogP contribution in [0.3, 0.4) is 0 Å². The lowest BCUT2D eigenvalue weighted by Gasteiger charge is -2.25. The molecule has 102 valence electrons. The molecule has 0 bridgehead atoms. The molecule has 0 aliphatic rings. The van der Waals surface area contributed by atoms with Crippen LogP contribution in [0.25, 0.3) is 22.4 Å². The molecule has 0 aliphatic heterocycles. The van der Waals surface area contributed by atoms with Gasteiger partial charge in [0.05, 0.1) is 11.7 Å². The van der Waals surface area contributed by atoms with Crippen molar-refractivity contribution in [1.82, 2.24) is 14.5 Å². The van der Waals surface area contributed by atoms with Crippen molar-refractivity contribution in [3.8, 4) is 11.4 Å². The molecular formula is C16H18N4. The lowest BCUT2D eigenvalue weighted by molar-refractivity contribution is 0.413. The van der Waals surface area contributed by atoms with Crippen molar-refractivity contribution >= 4 is 16.7 Å². The standard InChI is InChI=1S/C16H18N4/c1-16(2,3)20-14-8-9-18-10-13(14)19-15(20)11-6-4-5-7-12(11)17/h4-10H,17H2,1-3H3. The Labute approximate surface area is 118 Å². The summed E-state index contributed by atoms with van der Waals surface area (Å²) in [6.45, 7) is 6.49. The molecule has 4 heteroatoms. The Hall–Kier alpha value is -2.36. The van der Waals surface area contributed by atoms with Crippen LogP contribution in [0, 0.1) is 0 Å². The van der Waals surface area contributed by atoms with E-state index >= 15 is 0 Å². The number of anilines is 1. The van der Waals surface area contributed by atoms with Crippen LogP contribution in [0.4, 0.5) is 5.69 Å². The fourth-order valence-corrected chi connectivity index (χ4v) is 2.49. The molecule has 0 unspecified atom stereocenters. The number of nitrogens with two attached hydrogens (primary N) is 1. The van der Waals surface area contributed by atoms with Gasteiger partial charge in [-0.15, -0.1) is 0 Å². The minimum Gasteiger partial charge on any atom is -0.398 e. The van der Waals surface area contributed by atoms with Gasteiger partial charge < -0.3 is 10.3 Å². The molecule has 2 heterocycles. The van der Waals surface area contributed by atoms with Gasteiger partial charge in [-0.05, 0) is 39.0 Å². The highest BCUT2D eigenvalue weighted by Crippen LogP contribution is 2.33. The fraction of sp³-hybridized carbons (Fsp3) is 0.250. The van der Waals surface area contributed by atoms with E-state index in [0.29, 0.717) is 0 Å². The van der Waals surface area contributed by atoms with Gasteiger partial charge in [-0.3, -0.25) is 4.98 Å². The molecule has 0 saturated heterocycles. The number of fused-ring (bicyclic) bond motifs is 1.